The number of aromatic nitrogens is 2. The van der Waals surface area contributed by atoms with Crippen LogP contribution in [0.5, 0.6) is 0 Å². The van der Waals surface area contributed by atoms with Crippen LogP contribution in [-0.2, 0) is 13.0 Å². The maximum absolute atomic E-state index is 5.95. The number of aryl methyl sites for hydroxylation is 2. The molecule has 0 radical (unpaired) electrons. The van der Waals surface area contributed by atoms with Crippen molar-refractivity contribution in [3.63, 3.8) is 0 Å². The standard InChI is InChI=1S/C13H25N3/c1-5-13(6-2,10-14)9-12-8-11(4)15-16(12)7-3/h8H,5-7,9-10,14H2,1-4H3. The number of nitrogens with two attached hydrogens (primary N) is 1. The largest absolute Gasteiger partial charge is 0.330 e. The van der Waals surface area contributed by atoms with E-state index in [0.717, 1.165) is 38.0 Å². The lowest BCUT2D eigenvalue weighted by molar-refractivity contribution is 0.264. The minimum atomic E-state index is 0.249. The van der Waals surface area contributed by atoms with Gasteiger partial charge in [0, 0.05) is 12.2 Å². The topological polar surface area (TPSA) is 43.8 Å². The Balaban J connectivity index is 2.92. The maximum Gasteiger partial charge on any atom is 0.0596 e. The molecule has 0 aromatic carbocycles. The van der Waals surface area contributed by atoms with Crippen LogP contribution in [0.2, 0.25) is 0 Å². The van der Waals surface area contributed by atoms with Crippen molar-refractivity contribution in [1.29, 1.82) is 0 Å². The van der Waals surface area contributed by atoms with Gasteiger partial charge in [-0.1, -0.05) is 13.8 Å². The molecule has 0 fully saturated rings. The van der Waals surface area contributed by atoms with Crippen LogP contribution in [0.15, 0.2) is 6.07 Å². The number of hydrogen-bond acceptors (Lipinski definition) is 2. The molecule has 2 N–H and O–H groups in total. The molecule has 1 aromatic heterocycles. The van der Waals surface area contributed by atoms with E-state index in [2.05, 4.69) is 43.5 Å². The average Bonchev–Trinajstić information content (AvgIpc) is 2.66. The third-order valence-electron chi connectivity index (χ3n) is 3.77. The first-order valence-corrected chi connectivity index (χ1v) is 6.34. The summed E-state index contributed by atoms with van der Waals surface area (Å²) >= 11 is 0. The molecular formula is C13H25N3. The van der Waals surface area contributed by atoms with Crippen LogP contribution < -0.4 is 5.73 Å². The smallest absolute Gasteiger partial charge is 0.0596 e. The summed E-state index contributed by atoms with van der Waals surface area (Å²) in [4.78, 5) is 0. The number of rotatable bonds is 6. The van der Waals surface area contributed by atoms with Gasteiger partial charge in [0.2, 0.25) is 0 Å². The van der Waals surface area contributed by atoms with Gasteiger partial charge in [0.1, 0.15) is 0 Å². The quantitative estimate of drug-likeness (QED) is 0.805. The first kappa shape index (κ1) is 13.2. The van der Waals surface area contributed by atoms with E-state index in [9.17, 15) is 0 Å². The highest BCUT2D eigenvalue weighted by atomic mass is 15.3. The minimum absolute atomic E-state index is 0.249. The predicted octanol–water partition coefficient (Wildman–Crippen LogP) is 2.52. The van der Waals surface area contributed by atoms with Crippen LogP contribution in [0.1, 0.15) is 45.0 Å². The van der Waals surface area contributed by atoms with E-state index in [1.165, 1.54) is 5.69 Å². The van der Waals surface area contributed by atoms with Gasteiger partial charge in [-0.3, -0.25) is 4.68 Å². The molecule has 0 bridgehead atoms. The van der Waals surface area contributed by atoms with Crippen molar-refractivity contribution < 1.29 is 0 Å². The molecule has 0 unspecified atom stereocenters. The van der Waals surface area contributed by atoms with E-state index in [-0.39, 0.29) is 5.41 Å². The minimum Gasteiger partial charge on any atom is -0.330 e. The van der Waals surface area contributed by atoms with Gasteiger partial charge in [-0.05, 0) is 51.1 Å². The molecule has 0 aliphatic rings. The second-order valence-electron chi connectivity index (χ2n) is 4.68. The van der Waals surface area contributed by atoms with Crippen LogP contribution in [0.4, 0.5) is 0 Å². The first-order valence-electron chi connectivity index (χ1n) is 6.34. The van der Waals surface area contributed by atoms with E-state index in [1.54, 1.807) is 0 Å². The summed E-state index contributed by atoms with van der Waals surface area (Å²) in [5.41, 5.74) is 8.63. The van der Waals surface area contributed by atoms with Gasteiger partial charge in [0.05, 0.1) is 5.69 Å². The lowest BCUT2D eigenvalue weighted by Gasteiger charge is -2.30. The van der Waals surface area contributed by atoms with Crippen molar-refractivity contribution in [2.45, 2.75) is 53.5 Å². The molecule has 0 saturated carbocycles. The van der Waals surface area contributed by atoms with Crippen LogP contribution >= 0.6 is 0 Å². The van der Waals surface area contributed by atoms with E-state index in [0.29, 0.717) is 0 Å². The van der Waals surface area contributed by atoms with Crippen molar-refractivity contribution in [2.24, 2.45) is 11.1 Å². The van der Waals surface area contributed by atoms with Gasteiger partial charge in [0.15, 0.2) is 0 Å². The second kappa shape index (κ2) is 5.48. The fraction of sp³-hybridized carbons (Fsp3) is 0.769. The second-order valence-corrected chi connectivity index (χ2v) is 4.68. The molecule has 1 aromatic rings. The Morgan fingerprint density at radius 2 is 1.94 bits per heavy atom. The summed E-state index contributed by atoms with van der Waals surface area (Å²) in [5.74, 6) is 0. The molecule has 92 valence electrons. The molecular weight excluding hydrogens is 198 g/mol. The summed E-state index contributed by atoms with van der Waals surface area (Å²) in [6.07, 6.45) is 3.31. The molecule has 0 amide bonds. The molecule has 3 heteroatoms. The van der Waals surface area contributed by atoms with Crippen molar-refractivity contribution in [2.75, 3.05) is 6.54 Å². The molecule has 0 spiro atoms. The number of nitrogens with zero attached hydrogens (tertiary/aromatic N) is 2. The summed E-state index contributed by atoms with van der Waals surface area (Å²) in [7, 11) is 0. The number of hydrogen-bond donors (Lipinski definition) is 1. The van der Waals surface area contributed by atoms with Crippen LogP contribution in [0.25, 0.3) is 0 Å². The Morgan fingerprint density at radius 3 is 2.38 bits per heavy atom. The summed E-state index contributed by atoms with van der Waals surface area (Å²) in [6, 6.07) is 2.19. The Bertz CT molecular complexity index is 316. The summed E-state index contributed by atoms with van der Waals surface area (Å²) in [5, 5.41) is 4.49. The van der Waals surface area contributed by atoms with E-state index >= 15 is 0 Å². The Hall–Kier alpha value is -0.830. The van der Waals surface area contributed by atoms with Gasteiger partial charge in [-0.15, -0.1) is 0 Å². The van der Waals surface area contributed by atoms with Gasteiger partial charge in [-0.2, -0.15) is 5.10 Å². The van der Waals surface area contributed by atoms with Gasteiger partial charge >= 0.3 is 0 Å². The Kier molecular flexibility index (Phi) is 4.54. The van der Waals surface area contributed by atoms with Gasteiger partial charge in [0.25, 0.3) is 0 Å². The molecule has 1 rings (SSSR count). The zero-order valence-electron chi connectivity index (χ0n) is 11.1. The first-order chi connectivity index (χ1) is 7.60. The molecule has 0 atom stereocenters. The summed E-state index contributed by atoms with van der Waals surface area (Å²) < 4.78 is 2.10. The molecule has 3 nitrogen and oxygen atoms in total. The molecule has 16 heavy (non-hydrogen) atoms. The van der Waals surface area contributed by atoms with Crippen molar-refractivity contribution in [1.82, 2.24) is 9.78 Å². The Morgan fingerprint density at radius 1 is 1.31 bits per heavy atom. The van der Waals surface area contributed by atoms with Crippen molar-refractivity contribution in [3.8, 4) is 0 Å². The van der Waals surface area contributed by atoms with E-state index in [1.807, 2.05) is 0 Å². The van der Waals surface area contributed by atoms with Crippen LogP contribution in [-0.4, -0.2) is 16.3 Å². The third kappa shape index (κ3) is 2.64. The lowest BCUT2D eigenvalue weighted by Crippen LogP contribution is -2.32. The zero-order valence-corrected chi connectivity index (χ0v) is 11.1. The highest BCUT2D eigenvalue weighted by Crippen LogP contribution is 2.29. The summed E-state index contributed by atoms with van der Waals surface area (Å²) in [6.45, 7) is 10.4. The molecule has 0 aliphatic heterocycles. The normalized spacial score (nSPS) is 12.1. The average molecular weight is 223 g/mol. The highest BCUT2D eigenvalue weighted by Gasteiger charge is 2.26. The van der Waals surface area contributed by atoms with Gasteiger partial charge < -0.3 is 5.73 Å². The van der Waals surface area contributed by atoms with Gasteiger partial charge in [-0.25, -0.2) is 0 Å². The van der Waals surface area contributed by atoms with Crippen molar-refractivity contribution >= 4 is 0 Å². The molecule has 1 heterocycles. The zero-order chi connectivity index (χ0) is 12.2. The predicted molar refractivity (Wildman–Crippen MR) is 68.4 cm³/mol. The fourth-order valence-electron chi connectivity index (χ4n) is 2.26. The monoisotopic (exact) mass is 223 g/mol. The SMILES string of the molecule is CCn1nc(C)cc1CC(CC)(CC)CN. The third-order valence-corrected chi connectivity index (χ3v) is 3.77. The lowest BCUT2D eigenvalue weighted by atomic mass is 9.78. The van der Waals surface area contributed by atoms with E-state index in [4.69, 9.17) is 5.73 Å². The van der Waals surface area contributed by atoms with Crippen LogP contribution in [0, 0.1) is 12.3 Å². The molecule has 0 saturated heterocycles. The maximum atomic E-state index is 5.95. The Labute approximate surface area is 99.0 Å². The fourth-order valence-corrected chi connectivity index (χ4v) is 2.26. The van der Waals surface area contributed by atoms with Crippen LogP contribution in [0.3, 0.4) is 0 Å². The van der Waals surface area contributed by atoms with E-state index < -0.39 is 0 Å². The highest BCUT2D eigenvalue weighted by molar-refractivity contribution is 5.11. The molecule has 0 aliphatic carbocycles. The van der Waals surface area contributed by atoms with Crippen molar-refractivity contribution in [3.05, 3.63) is 17.5 Å².